The third kappa shape index (κ3) is 3.68. The fourth-order valence-electron chi connectivity index (χ4n) is 2.63. The van der Waals surface area contributed by atoms with E-state index in [0.29, 0.717) is 18.3 Å². The average Bonchev–Trinajstić information content (AvgIpc) is 2.54. The Bertz CT molecular complexity index is 579. The molecule has 1 fully saturated rings. The van der Waals surface area contributed by atoms with Crippen molar-refractivity contribution < 1.29 is 9.13 Å². The van der Waals surface area contributed by atoms with Crippen LogP contribution in [0.25, 0.3) is 0 Å². The minimum absolute atomic E-state index is 0.266. The summed E-state index contributed by atoms with van der Waals surface area (Å²) in [5.74, 6) is 1.65. The molecule has 3 rings (SSSR count). The Morgan fingerprint density at radius 2 is 2.29 bits per heavy atom. The predicted octanol–water partition coefficient (Wildman–Crippen LogP) is 2.91. The van der Waals surface area contributed by atoms with Crippen LogP contribution in [-0.2, 0) is 0 Å². The van der Waals surface area contributed by atoms with Crippen LogP contribution >= 0.6 is 0 Å². The average molecular weight is 287 g/mol. The third-order valence-electron chi connectivity index (χ3n) is 3.67. The van der Waals surface area contributed by atoms with E-state index in [4.69, 9.17) is 4.74 Å². The molecule has 0 unspecified atom stereocenters. The predicted molar refractivity (Wildman–Crippen MR) is 78.9 cm³/mol. The van der Waals surface area contributed by atoms with Gasteiger partial charge in [0.25, 0.3) is 0 Å². The zero-order valence-corrected chi connectivity index (χ0v) is 11.8. The number of hydrogen-bond acceptors (Lipinski definition) is 4. The molecule has 0 aliphatic carbocycles. The van der Waals surface area contributed by atoms with E-state index in [0.717, 1.165) is 31.7 Å². The number of halogens is 1. The summed E-state index contributed by atoms with van der Waals surface area (Å²) in [6.07, 6.45) is 7.40. The zero-order valence-electron chi connectivity index (χ0n) is 11.8. The van der Waals surface area contributed by atoms with Gasteiger partial charge >= 0.3 is 0 Å². The molecular formula is C16H18FN3O. The van der Waals surface area contributed by atoms with Gasteiger partial charge < -0.3 is 9.64 Å². The Morgan fingerprint density at radius 1 is 1.33 bits per heavy atom. The van der Waals surface area contributed by atoms with Gasteiger partial charge in [-0.2, -0.15) is 0 Å². The van der Waals surface area contributed by atoms with E-state index in [2.05, 4.69) is 14.9 Å². The summed E-state index contributed by atoms with van der Waals surface area (Å²) in [6.45, 7) is 2.49. The van der Waals surface area contributed by atoms with Gasteiger partial charge in [-0.1, -0.05) is 6.07 Å². The van der Waals surface area contributed by atoms with Crippen LogP contribution in [0, 0.1) is 11.7 Å². The number of ether oxygens (including phenoxy) is 1. The minimum atomic E-state index is -0.266. The Labute approximate surface area is 123 Å². The number of aromatic nitrogens is 2. The molecule has 1 aromatic heterocycles. The first-order valence-corrected chi connectivity index (χ1v) is 7.20. The minimum Gasteiger partial charge on any atom is -0.493 e. The van der Waals surface area contributed by atoms with Crippen molar-refractivity contribution in [1.82, 2.24) is 9.97 Å². The number of hydrogen-bond donors (Lipinski definition) is 0. The topological polar surface area (TPSA) is 38.2 Å². The summed E-state index contributed by atoms with van der Waals surface area (Å²) < 4.78 is 18.8. The highest BCUT2D eigenvalue weighted by Gasteiger charge is 2.21. The van der Waals surface area contributed by atoms with E-state index >= 15 is 0 Å². The third-order valence-corrected chi connectivity index (χ3v) is 3.67. The van der Waals surface area contributed by atoms with Gasteiger partial charge in [0.05, 0.1) is 12.8 Å². The Hall–Kier alpha value is -2.17. The fourth-order valence-corrected chi connectivity index (χ4v) is 2.63. The molecule has 1 aliphatic rings. The maximum absolute atomic E-state index is 13.1. The van der Waals surface area contributed by atoms with Crippen molar-refractivity contribution in [3.63, 3.8) is 0 Å². The molecule has 1 atom stereocenters. The van der Waals surface area contributed by atoms with E-state index < -0.39 is 0 Å². The van der Waals surface area contributed by atoms with Crippen LogP contribution in [0.3, 0.4) is 0 Å². The summed E-state index contributed by atoms with van der Waals surface area (Å²) in [6, 6.07) is 6.29. The van der Waals surface area contributed by atoms with Crippen molar-refractivity contribution in [2.24, 2.45) is 5.92 Å². The first-order chi connectivity index (χ1) is 10.3. The van der Waals surface area contributed by atoms with Crippen molar-refractivity contribution in [3.05, 3.63) is 48.7 Å². The summed E-state index contributed by atoms with van der Waals surface area (Å²) >= 11 is 0. The molecule has 2 aromatic rings. The smallest absolute Gasteiger partial charge is 0.147 e. The highest BCUT2D eigenvalue weighted by atomic mass is 19.1. The zero-order chi connectivity index (χ0) is 14.5. The molecule has 1 aliphatic heterocycles. The lowest BCUT2D eigenvalue weighted by atomic mass is 9.99. The van der Waals surface area contributed by atoms with E-state index in [1.54, 1.807) is 30.7 Å². The molecule has 4 nitrogen and oxygen atoms in total. The first kappa shape index (κ1) is 13.8. The lowest BCUT2D eigenvalue weighted by molar-refractivity contribution is 0.228. The Morgan fingerprint density at radius 3 is 3.10 bits per heavy atom. The number of nitrogens with zero attached hydrogens (tertiary/aromatic N) is 3. The second kappa shape index (κ2) is 6.52. The molecule has 0 bridgehead atoms. The normalized spacial score (nSPS) is 18.5. The molecule has 5 heteroatoms. The van der Waals surface area contributed by atoms with Crippen molar-refractivity contribution in [1.29, 1.82) is 0 Å². The summed E-state index contributed by atoms with van der Waals surface area (Å²) in [5, 5.41) is 0. The molecule has 0 radical (unpaired) electrons. The van der Waals surface area contributed by atoms with Crippen molar-refractivity contribution in [3.8, 4) is 5.75 Å². The molecule has 1 saturated heterocycles. The van der Waals surface area contributed by atoms with Gasteiger partial charge in [0, 0.05) is 37.5 Å². The van der Waals surface area contributed by atoms with Crippen LogP contribution in [0.4, 0.5) is 10.2 Å². The molecule has 0 amide bonds. The van der Waals surface area contributed by atoms with E-state index in [1.807, 2.05) is 0 Å². The van der Waals surface area contributed by atoms with Gasteiger partial charge in [0.15, 0.2) is 0 Å². The number of anilines is 1. The number of rotatable bonds is 4. The van der Waals surface area contributed by atoms with Gasteiger partial charge in [-0.05, 0) is 25.0 Å². The highest BCUT2D eigenvalue weighted by Crippen LogP contribution is 2.22. The number of piperidine rings is 1. The quantitative estimate of drug-likeness (QED) is 0.866. The van der Waals surface area contributed by atoms with Crippen LogP contribution in [-0.4, -0.2) is 29.7 Å². The first-order valence-electron chi connectivity index (χ1n) is 7.20. The summed E-state index contributed by atoms with van der Waals surface area (Å²) in [5.41, 5.74) is 0. The molecule has 1 aromatic carbocycles. The summed E-state index contributed by atoms with van der Waals surface area (Å²) in [4.78, 5) is 10.7. The lowest BCUT2D eigenvalue weighted by Gasteiger charge is -2.33. The van der Waals surface area contributed by atoms with Crippen molar-refractivity contribution >= 4 is 5.82 Å². The second-order valence-electron chi connectivity index (χ2n) is 5.29. The maximum Gasteiger partial charge on any atom is 0.147 e. The van der Waals surface area contributed by atoms with Crippen LogP contribution in [0.2, 0.25) is 0 Å². The van der Waals surface area contributed by atoms with Crippen LogP contribution in [0.5, 0.6) is 5.75 Å². The van der Waals surface area contributed by atoms with E-state index in [9.17, 15) is 4.39 Å². The lowest BCUT2D eigenvalue weighted by Crippen LogP contribution is -2.38. The van der Waals surface area contributed by atoms with Crippen LogP contribution in [0.1, 0.15) is 12.8 Å². The second-order valence-corrected chi connectivity index (χ2v) is 5.29. The molecular weight excluding hydrogens is 269 g/mol. The molecule has 21 heavy (non-hydrogen) atoms. The molecule has 2 heterocycles. The van der Waals surface area contributed by atoms with Crippen molar-refractivity contribution in [2.75, 3.05) is 24.6 Å². The van der Waals surface area contributed by atoms with Gasteiger partial charge in [0.2, 0.25) is 0 Å². The van der Waals surface area contributed by atoms with Crippen LogP contribution < -0.4 is 9.64 Å². The van der Waals surface area contributed by atoms with E-state index in [1.165, 1.54) is 12.1 Å². The molecule has 0 N–H and O–H groups in total. The Kier molecular flexibility index (Phi) is 4.28. The van der Waals surface area contributed by atoms with Crippen molar-refractivity contribution in [2.45, 2.75) is 12.8 Å². The molecule has 0 saturated carbocycles. The Balaban J connectivity index is 1.57. The maximum atomic E-state index is 13.1. The van der Waals surface area contributed by atoms with E-state index in [-0.39, 0.29) is 5.82 Å². The fraction of sp³-hybridized carbons (Fsp3) is 0.375. The summed E-state index contributed by atoms with van der Waals surface area (Å²) in [7, 11) is 0. The molecule has 0 spiro atoms. The van der Waals surface area contributed by atoms with Gasteiger partial charge in [-0.25, -0.2) is 9.37 Å². The monoisotopic (exact) mass is 287 g/mol. The number of benzene rings is 1. The molecule has 110 valence electrons. The van der Waals surface area contributed by atoms with Gasteiger partial charge in [-0.3, -0.25) is 4.98 Å². The largest absolute Gasteiger partial charge is 0.493 e. The standard InChI is InChI=1S/C16H18FN3O/c17-14-4-1-5-15(9-14)21-12-13-3-2-8-20(11-13)16-10-18-6-7-19-16/h1,4-7,9-10,13H,2-3,8,11-12H2/t13-/m1/s1. The highest BCUT2D eigenvalue weighted by molar-refractivity contribution is 5.35. The van der Waals surface area contributed by atoms with Gasteiger partial charge in [-0.15, -0.1) is 0 Å². The van der Waals surface area contributed by atoms with Gasteiger partial charge in [0.1, 0.15) is 17.4 Å². The SMILES string of the molecule is Fc1cccc(OC[C@@H]2CCCN(c3cnccn3)C2)c1. The van der Waals surface area contributed by atoms with Crippen LogP contribution in [0.15, 0.2) is 42.9 Å².